The number of hydrogen-bond acceptors (Lipinski definition) is 3. The predicted octanol–water partition coefficient (Wildman–Crippen LogP) is 3.46. The molecule has 0 aliphatic rings. The SMILES string of the molecule is CCCNC(=O)c1ccc(Nc2ccccc2C)c(N)c1. The first-order chi connectivity index (χ1) is 10.1. The fourth-order valence-corrected chi connectivity index (χ4v) is 2.02. The lowest BCUT2D eigenvalue weighted by atomic mass is 10.1. The third kappa shape index (κ3) is 3.75. The number of para-hydroxylation sites is 1. The van der Waals surface area contributed by atoms with E-state index in [0.717, 1.165) is 23.4 Å². The van der Waals surface area contributed by atoms with Crippen LogP contribution in [0.1, 0.15) is 29.3 Å². The number of carbonyl (C=O) groups excluding carboxylic acids is 1. The van der Waals surface area contributed by atoms with Crippen LogP contribution in [-0.4, -0.2) is 12.5 Å². The van der Waals surface area contributed by atoms with Crippen LogP contribution in [0.2, 0.25) is 0 Å². The molecule has 0 unspecified atom stereocenters. The van der Waals surface area contributed by atoms with E-state index in [1.54, 1.807) is 12.1 Å². The minimum atomic E-state index is -0.0917. The Labute approximate surface area is 125 Å². The molecule has 0 aliphatic heterocycles. The number of amides is 1. The fraction of sp³-hybridized carbons (Fsp3) is 0.235. The summed E-state index contributed by atoms with van der Waals surface area (Å²) < 4.78 is 0. The van der Waals surface area contributed by atoms with Crippen molar-refractivity contribution in [3.8, 4) is 0 Å². The van der Waals surface area contributed by atoms with Gasteiger partial charge in [0.05, 0.1) is 11.4 Å². The van der Waals surface area contributed by atoms with Crippen LogP contribution in [0.5, 0.6) is 0 Å². The molecule has 2 rings (SSSR count). The van der Waals surface area contributed by atoms with Crippen molar-refractivity contribution in [2.45, 2.75) is 20.3 Å². The van der Waals surface area contributed by atoms with Crippen molar-refractivity contribution in [1.82, 2.24) is 5.32 Å². The van der Waals surface area contributed by atoms with Crippen molar-refractivity contribution in [1.29, 1.82) is 0 Å². The summed E-state index contributed by atoms with van der Waals surface area (Å²) in [7, 11) is 0. The molecular weight excluding hydrogens is 262 g/mol. The molecule has 4 heteroatoms. The van der Waals surface area contributed by atoms with Gasteiger partial charge in [-0.1, -0.05) is 25.1 Å². The monoisotopic (exact) mass is 283 g/mol. The lowest BCUT2D eigenvalue weighted by Gasteiger charge is -2.13. The Morgan fingerprint density at radius 1 is 1.14 bits per heavy atom. The molecule has 0 bridgehead atoms. The van der Waals surface area contributed by atoms with Gasteiger partial charge < -0.3 is 16.4 Å². The number of nitrogens with one attached hydrogen (secondary N) is 2. The Kier molecular flexibility index (Phi) is 4.82. The van der Waals surface area contributed by atoms with Crippen LogP contribution in [0.3, 0.4) is 0 Å². The van der Waals surface area contributed by atoms with E-state index in [9.17, 15) is 4.79 Å². The van der Waals surface area contributed by atoms with Crippen molar-refractivity contribution >= 4 is 23.0 Å². The van der Waals surface area contributed by atoms with Gasteiger partial charge in [-0.2, -0.15) is 0 Å². The molecule has 1 amide bonds. The first-order valence-corrected chi connectivity index (χ1v) is 7.12. The Balaban J connectivity index is 2.16. The molecular formula is C17H21N3O. The summed E-state index contributed by atoms with van der Waals surface area (Å²) in [6.45, 7) is 4.72. The van der Waals surface area contributed by atoms with Crippen molar-refractivity contribution in [3.05, 3.63) is 53.6 Å². The zero-order valence-corrected chi connectivity index (χ0v) is 12.4. The Morgan fingerprint density at radius 2 is 1.90 bits per heavy atom. The summed E-state index contributed by atoms with van der Waals surface area (Å²) in [5.74, 6) is -0.0917. The maximum Gasteiger partial charge on any atom is 0.251 e. The van der Waals surface area contributed by atoms with Crippen molar-refractivity contribution in [2.24, 2.45) is 0 Å². The van der Waals surface area contributed by atoms with Crippen LogP contribution in [0.15, 0.2) is 42.5 Å². The second-order valence-corrected chi connectivity index (χ2v) is 5.00. The van der Waals surface area contributed by atoms with Gasteiger partial charge >= 0.3 is 0 Å². The molecule has 0 saturated carbocycles. The van der Waals surface area contributed by atoms with Gasteiger partial charge in [0.2, 0.25) is 0 Å². The second-order valence-electron chi connectivity index (χ2n) is 5.00. The highest BCUT2D eigenvalue weighted by Gasteiger charge is 2.08. The minimum absolute atomic E-state index is 0.0917. The van der Waals surface area contributed by atoms with Gasteiger partial charge in [-0.15, -0.1) is 0 Å². The average Bonchev–Trinajstić information content (AvgIpc) is 2.49. The fourth-order valence-electron chi connectivity index (χ4n) is 2.02. The molecule has 110 valence electrons. The Morgan fingerprint density at radius 3 is 2.57 bits per heavy atom. The second kappa shape index (κ2) is 6.79. The van der Waals surface area contributed by atoms with Crippen LogP contribution in [0, 0.1) is 6.92 Å². The number of carbonyl (C=O) groups is 1. The topological polar surface area (TPSA) is 67.2 Å². The number of hydrogen-bond donors (Lipinski definition) is 3. The number of nitrogens with two attached hydrogens (primary N) is 1. The number of rotatable bonds is 5. The van der Waals surface area contributed by atoms with E-state index in [2.05, 4.69) is 10.6 Å². The van der Waals surface area contributed by atoms with Crippen molar-refractivity contribution < 1.29 is 4.79 Å². The average molecular weight is 283 g/mol. The number of benzene rings is 2. The van der Waals surface area contributed by atoms with Gasteiger partial charge in [0.1, 0.15) is 0 Å². The maximum atomic E-state index is 11.9. The Hall–Kier alpha value is -2.49. The van der Waals surface area contributed by atoms with E-state index in [1.807, 2.05) is 44.2 Å². The molecule has 0 fully saturated rings. The van der Waals surface area contributed by atoms with Crippen LogP contribution < -0.4 is 16.4 Å². The predicted molar refractivity (Wildman–Crippen MR) is 87.9 cm³/mol. The van der Waals surface area contributed by atoms with Crippen LogP contribution in [0.4, 0.5) is 17.1 Å². The molecule has 0 aromatic heterocycles. The zero-order valence-electron chi connectivity index (χ0n) is 12.4. The Bertz CT molecular complexity index is 638. The molecule has 21 heavy (non-hydrogen) atoms. The molecule has 0 saturated heterocycles. The lowest BCUT2D eigenvalue weighted by Crippen LogP contribution is -2.24. The van der Waals surface area contributed by atoms with Gasteiger partial charge in [-0.05, 0) is 43.2 Å². The van der Waals surface area contributed by atoms with E-state index in [1.165, 1.54) is 0 Å². The minimum Gasteiger partial charge on any atom is -0.397 e. The lowest BCUT2D eigenvalue weighted by molar-refractivity contribution is 0.0953. The maximum absolute atomic E-state index is 11.9. The summed E-state index contributed by atoms with van der Waals surface area (Å²) >= 11 is 0. The highest BCUT2D eigenvalue weighted by Crippen LogP contribution is 2.26. The summed E-state index contributed by atoms with van der Waals surface area (Å²) in [6, 6.07) is 13.3. The van der Waals surface area contributed by atoms with Gasteiger partial charge in [0.15, 0.2) is 0 Å². The van der Waals surface area contributed by atoms with Crippen LogP contribution in [0.25, 0.3) is 0 Å². The summed E-state index contributed by atoms with van der Waals surface area (Å²) in [5.41, 5.74) is 10.1. The summed E-state index contributed by atoms with van der Waals surface area (Å²) in [5, 5.41) is 6.13. The van der Waals surface area contributed by atoms with Crippen LogP contribution in [-0.2, 0) is 0 Å². The molecule has 0 spiro atoms. The van der Waals surface area contributed by atoms with E-state index in [0.29, 0.717) is 17.8 Å². The largest absolute Gasteiger partial charge is 0.397 e. The standard InChI is InChI=1S/C17H21N3O/c1-3-10-19-17(21)13-8-9-16(14(18)11-13)20-15-7-5-4-6-12(15)2/h4-9,11,20H,3,10,18H2,1-2H3,(H,19,21). The van der Waals surface area contributed by atoms with Gasteiger partial charge in [-0.3, -0.25) is 4.79 Å². The van der Waals surface area contributed by atoms with Gasteiger partial charge in [-0.25, -0.2) is 0 Å². The van der Waals surface area contributed by atoms with E-state index < -0.39 is 0 Å². The molecule has 2 aromatic rings. The first-order valence-electron chi connectivity index (χ1n) is 7.12. The van der Waals surface area contributed by atoms with Crippen LogP contribution >= 0.6 is 0 Å². The first kappa shape index (κ1) is 14.9. The molecule has 0 atom stereocenters. The van der Waals surface area contributed by atoms with Gasteiger partial charge in [0, 0.05) is 17.8 Å². The smallest absolute Gasteiger partial charge is 0.251 e. The summed E-state index contributed by atoms with van der Waals surface area (Å²) in [6.07, 6.45) is 0.911. The van der Waals surface area contributed by atoms with Gasteiger partial charge in [0.25, 0.3) is 5.91 Å². The molecule has 0 aliphatic carbocycles. The molecule has 4 N–H and O–H groups in total. The molecule has 2 aromatic carbocycles. The van der Waals surface area contributed by atoms with E-state index >= 15 is 0 Å². The van der Waals surface area contributed by atoms with E-state index in [4.69, 9.17) is 5.73 Å². The highest BCUT2D eigenvalue weighted by molar-refractivity contribution is 5.96. The number of anilines is 3. The third-order valence-corrected chi connectivity index (χ3v) is 3.26. The highest BCUT2D eigenvalue weighted by atomic mass is 16.1. The van der Waals surface area contributed by atoms with Crippen molar-refractivity contribution in [2.75, 3.05) is 17.6 Å². The zero-order chi connectivity index (χ0) is 15.2. The normalized spacial score (nSPS) is 10.2. The molecule has 0 radical (unpaired) electrons. The molecule has 0 heterocycles. The summed E-state index contributed by atoms with van der Waals surface area (Å²) in [4.78, 5) is 11.9. The number of nitrogen functional groups attached to an aromatic ring is 1. The third-order valence-electron chi connectivity index (χ3n) is 3.26. The molecule has 4 nitrogen and oxygen atoms in total. The van der Waals surface area contributed by atoms with Crippen molar-refractivity contribution in [3.63, 3.8) is 0 Å². The quantitative estimate of drug-likeness (QED) is 0.736. The van der Waals surface area contributed by atoms with E-state index in [-0.39, 0.29) is 5.91 Å². The number of aryl methyl sites for hydroxylation is 1.